The van der Waals surface area contributed by atoms with Gasteiger partial charge < -0.3 is 25.6 Å². The number of hydrogen-bond acceptors (Lipinski definition) is 6. The number of nitrogens with one attached hydrogen (secondary N) is 2. The van der Waals surface area contributed by atoms with Crippen molar-refractivity contribution >= 4 is 23.8 Å². The third kappa shape index (κ3) is 35.3. The van der Waals surface area contributed by atoms with Crippen molar-refractivity contribution in [2.75, 3.05) is 13.2 Å². The van der Waals surface area contributed by atoms with Crippen molar-refractivity contribution in [3.63, 3.8) is 0 Å². The van der Waals surface area contributed by atoms with E-state index in [1.807, 2.05) is 6.08 Å². The molecule has 0 aliphatic heterocycles. The summed E-state index contributed by atoms with van der Waals surface area (Å²) in [6, 6.07) is -1.39. The van der Waals surface area contributed by atoms with E-state index in [9.17, 15) is 19.2 Å². The number of aliphatic hydroxyl groups excluding tert-OH is 1. The van der Waals surface area contributed by atoms with Crippen molar-refractivity contribution in [1.29, 1.82) is 0 Å². The number of carboxylic acid groups (broad SMARTS) is 1. The summed E-state index contributed by atoms with van der Waals surface area (Å²) in [7, 11) is 0. The van der Waals surface area contributed by atoms with Gasteiger partial charge in [-0.2, -0.15) is 0 Å². The van der Waals surface area contributed by atoms with Gasteiger partial charge >= 0.3 is 11.9 Å². The molecule has 4 N–H and O–H groups in total. The largest absolute Gasteiger partial charge is 0.480 e. The Morgan fingerprint density at radius 3 is 1.61 bits per heavy atom. The van der Waals surface area contributed by atoms with Crippen LogP contribution in [0.3, 0.4) is 0 Å². The van der Waals surface area contributed by atoms with Gasteiger partial charge in [-0.15, -0.1) is 0 Å². The minimum atomic E-state index is -1.39. The van der Waals surface area contributed by atoms with E-state index in [1.165, 1.54) is 25.7 Å². The normalized spacial score (nSPS) is 13.2. The molecule has 0 aromatic heterocycles. The molecule has 2 amide bonds. The molecule has 0 aromatic carbocycles. The lowest BCUT2D eigenvalue weighted by molar-refractivity contribution is -0.147. The molecule has 9 heteroatoms. The average molecular weight is 755 g/mol. The third-order valence-corrected chi connectivity index (χ3v) is 8.68. The molecule has 306 valence electrons. The van der Waals surface area contributed by atoms with Crippen LogP contribution in [-0.2, 0) is 23.9 Å². The van der Waals surface area contributed by atoms with Crippen LogP contribution in [0.2, 0.25) is 0 Å². The number of amides is 2. The van der Waals surface area contributed by atoms with Gasteiger partial charge in [-0.3, -0.25) is 14.4 Å². The molecule has 0 aromatic rings. The van der Waals surface area contributed by atoms with Gasteiger partial charge in [-0.25, -0.2) is 4.79 Å². The Morgan fingerprint density at radius 1 is 0.574 bits per heavy atom. The molecular formula is C45H74N2O7. The smallest absolute Gasteiger partial charge is 0.328 e. The third-order valence-electron chi connectivity index (χ3n) is 8.68. The van der Waals surface area contributed by atoms with Crippen LogP contribution < -0.4 is 10.6 Å². The SMILES string of the molecule is CC/C=C\C/C=C\C/C=C\CCCCCCCCCC(=O)OC(/C=C\C/C=C\C/C=C\CC)CCCCCCCCC(=O)NCC(=O)NC(CO)C(=O)O. The topological polar surface area (TPSA) is 142 Å². The van der Waals surface area contributed by atoms with Gasteiger partial charge in [0.1, 0.15) is 12.1 Å². The summed E-state index contributed by atoms with van der Waals surface area (Å²) in [6.07, 6.45) is 48.1. The van der Waals surface area contributed by atoms with Crippen LogP contribution >= 0.6 is 0 Å². The number of carbonyl (C=O) groups excluding carboxylic acids is 3. The lowest BCUT2D eigenvalue weighted by Gasteiger charge is -2.15. The number of aliphatic carboxylic acids is 1. The molecule has 0 spiro atoms. The van der Waals surface area contributed by atoms with Crippen LogP contribution in [0.15, 0.2) is 72.9 Å². The van der Waals surface area contributed by atoms with Gasteiger partial charge in [0.05, 0.1) is 13.2 Å². The van der Waals surface area contributed by atoms with E-state index in [0.717, 1.165) is 103 Å². The summed E-state index contributed by atoms with van der Waals surface area (Å²) in [4.78, 5) is 47.4. The fourth-order valence-corrected chi connectivity index (χ4v) is 5.54. The second-order valence-corrected chi connectivity index (χ2v) is 13.7. The highest BCUT2D eigenvalue weighted by Crippen LogP contribution is 2.15. The molecule has 2 unspecified atom stereocenters. The van der Waals surface area contributed by atoms with Gasteiger partial charge in [0.2, 0.25) is 11.8 Å². The van der Waals surface area contributed by atoms with Gasteiger partial charge in [0, 0.05) is 12.8 Å². The Labute approximate surface area is 327 Å². The lowest BCUT2D eigenvalue weighted by atomic mass is 10.1. The fraction of sp³-hybridized carbons (Fsp3) is 0.644. The van der Waals surface area contributed by atoms with E-state index in [-0.39, 0.29) is 30.9 Å². The number of rotatable bonds is 36. The van der Waals surface area contributed by atoms with E-state index >= 15 is 0 Å². The zero-order chi connectivity index (χ0) is 39.7. The molecule has 0 aliphatic rings. The van der Waals surface area contributed by atoms with Gasteiger partial charge in [0.25, 0.3) is 0 Å². The second kappa shape index (κ2) is 39.0. The van der Waals surface area contributed by atoms with Crippen molar-refractivity contribution in [2.24, 2.45) is 0 Å². The summed E-state index contributed by atoms with van der Waals surface area (Å²) in [5.41, 5.74) is 0. The van der Waals surface area contributed by atoms with Crippen molar-refractivity contribution in [2.45, 2.75) is 174 Å². The van der Waals surface area contributed by atoms with Crippen molar-refractivity contribution in [1.82, 2.24) is 10.6 Å². The van der Waals surface area contributed by atoms with Crippen molar-refractivity contribution < 1.29 is 34.1 Å². The summed E-state index contributed by atoms with van der Waals surface area (Å²) >= 11 is 0. The standard InChI is InChI=1S/C45H74N2O7/c1-3-5-7-9-11-13-14-15-16-17-18-19-20-21-23-29-33-37-44(51)54-40(34-30-26-22-12-10-8-6-4-2)35-31-27-24-25-28-32-36-42(49)46-38-43(50)47-41(39-48)45(52)53/h5-8,11-13,15-16,22,30,34,40-41,48H,3-4,9-10,14,17-21,23-29,31-33,35-39H2,1-2H3,(H,46,49)(H,47,50)(H,52,53)/b7-5-,8-6-,13-11-,16-15-,22-12-,34-30-. The molecule has 0 rings (SSSR count). The number of hydrogen-bond donors (Lipinski definition) is 4. The van der Waals surface area contributed by atoms with Crippen LogP contribution in [0.5, 0.6) is 0 Å². The molecule has 0 fully saturated rings. The highest BCUT2D eigenvalue weighted by atomic mass is 16.5. The molecular weight excluding hydrogens is 681 g/mol. The number of carboxylic acids is 1. The minimum Gasteiger partial charge on any atom is -0.480 e. The summed E-state index contributed by atoms with van der Waals surface area (Å²) in [5.74, 6) is -2.38. The molecule has 0 aliphatic carbocycles. The minimum absolute atomic E-state index is 0.116. The molecule has 0 saturated carbocycles. The number of carbonyl (C=O) groups is 4. The maximum atomic E-state index is 12.7. The van der Waals surface area contributed by atoms with E-state index in [1.54, 1.807) is 0 Å². The van der Waals surface area contributed by atoms with Crippen LogP contribution in [0.25, 0.3) is 0 Å². The molecule has 9 nitrogen and oxygen atoms in total. The highest BCUT2D eigenvalue weighted by Gasteiger charge is 2.18. The van der Waals surface area contributed by atoms with Crippen molar-refractivity contribution in [3.8, 4) is 0 Å². The lowest BCUT2D eigenvalue weighted by Crippen LogP contribution is -2.47. The Balaban J connectivity index is 4.28. The highest BCUT2D eigenvalue weighted by molar-refractivity contribution is 5.87. The predicted molar refractivity (Wildman–Crippen MR) is 222 cm³/mol. The molecule has 0 radical (unpaired) electrons. The van der Waals surface area contributed by atoms with Gasteiger partial charge in [0.15, 0.2) is 0 Å². The van der Waals surface area contributed by atoms with Gasteiger partial charge in [-0.05, 0) is 83.1 Å². The van der Waals surface area contributed by atoms with Crippen molar-refractivity contribution in [3.05, 3.63) is 72.9 Å². The monoisotopic (exact) mass is 755 g/mol. The Kier molecular flexibility index (Phi) is 36.3. The first kappa shape index (κ1) is 50.3. The first-order chi connectivity index (χ1) is 26.3. The second-order valence-electron chi connectivity index (χ2n) is 13.7. The summed E-state index contributed by atoms with van der Waals surface area (Å²) in [5, 5.41) is 22.5. The molecule has 0 heterocycles. The number of esters is 1. The van der Waals surface area contributed by atoms with E-state index in [2.05, 4.69) is 91.3 Å². The molecule has 0 saturated heterocycles. The van der Waals surface area contributed by atoms with Gasteiger partial charge in [-0.1, -0.05) is 138 Å². The van der Waals surface area contributed by atoms with E-state index in [4.69, 9.17) is 14.9 Å². The zero-order valence-corrected chi connectivity index (χ0v) is 33.7. The number of ether oxygens (including phenoxy) is 1. The fourth-order valence-electron chi connectivity index (χ4n) is 5.54. The predicted octanol–water partition coefficient (Wildman–Crippen LogP) is 9.93. The quantitative estimate of drug-likeness (QED) is 0.0283. The number of aliphatic hydroxyl groups is 1. The Bertz CT molecular complexity index is 1140. The summed E-state index contributed by atoms with van der Waals surface area (Å²) < 4.78 is 5.90. The number of unbranched alkanes of at least 4 members (excludes halogenated alkanes) is 12. The molecule has 54 heavy (non-hydrogen) atoms. The first-order valence-electron chi connectivity index (χ1n) is 20.8. The summed E-state index contributed by atoms with van der Waals surface area (Å²) in [6.45, 7) is 3.23. The van der Waals surface area contributed by atoms with Crippen LogP contribution in [0.1, 0.15) is 162 Å². The number of allylic oxidation sites excluding steroid dienone is 11. The first-order valence-corrected chi connectivity index (χ1v) is 20.8. The van der Waals surface area contributed by atoms with E-state index < -0.39 is 24.5 Å². The maximum Gasteiger partial charge on any atom is 0.328 e. The van der Waals surface area contributed by atoms with Crippen LogP contribution in [-0.4, -0.2) is 59.3 Å². The van der Waals surface area contributed by atoms with Crippen LogP contribution in [0.4, 0.5) is 0 Å². The molecule has 2 atom stereocenters. The molecule has 0 bridgehead atoms. The average Bonchev–Trinajstić information content (AvgIpc) is 3.15. The Morgan fingerprint density at radius 2 is 1.06 bits per heavy atom. The van der Waals surface area contributed by atoms with Crippen LogP contribution in [0, 0.1) is 0 Å². The zero-order valence-electron chi connectivity index (χ0n) is 33.7. The van der Waals surface area contributed by atoms with E-state index in [0.29, 0.717) is 12.8 Å². The maximum absolute atomic E-state index is 12.7. The Hall–Kier alpha value is -3.72.